The molecule has 10 heteroatoms. The van der Waals surface area contributed by atoms with Gasteiger partial charge in [0.25, 0.3) is 0 Å². The number of carbonyl (C=O) groups is 1. The van der Waals surface area contributed by atoms with Gasteiger partial charge in [-0.05, 0) is 91.4 Å². The van der Waals surface area contributed by atoms with Crippen molar-refractivity contribution in [3.05, 3.63) is 130 Å². The zero-order valence-corrected chi connectivity index (χ0v) is 24.8. The van der Waals surface area contributed by atoms with Crippen LogP contribution in [0.1, 0.15) is 41.4 Å². The fraction of sp³-hybridized carbons (Fsp3) is 0.229. The molecule has 1 N–H and O–H groups in total. The van der Waals surface area contributed by atoms with Crippen molar-refractivity contribution in [3.8, 4) is 28.3 Å². The molecule has 232 valence electrons. The van der Waals surface area contributed by atoms with Crippen molar-refractivity contribution in [1.29, 1.82) is 0 Å². The molecule has 0 spiro atoms. The summed E-state index contributed by atoms with van der Waals surface area (Å²) in [5, 5.41) is 13.9. The molecule has 0 atom stereocenters. The van der Waals surface area contributed by atoms with Gasteiger partial charge in [0.2, 0.25) is 0 Å². The lowest BCUT2D eigenvalue weighted by Gasteiger charge is -2.12. The highest BCUT2D eigenvalue weighted by atomic mass is 19.4. The molecule has 0 aliphatic rings. The summed E-state index contributed by atoms with van der Waals surface area (Å²) in [7, 11) is 0. The van der Waals surface area contributed by atoms with Crippen molar-refractivity contribution in [2.24, 2.45) is 0 Å². The summed E-state index contributed by atoms with van der Waals surface area (Å²) in [6.07, 6.45) is -2.80. The van der Waals surface area contributed by atoms with Crippen molar-refractivity contribution >= 4 is 5.97 Å². The lowest BCUT2D eigenvalue weighted by Crippen LogP contribution is -2.24. The molecule has 7 nitrogen and oxygen atoms in total. The molecule has 0 aliphatic heterocycles. The van der Waals surface area contributed by atoms with Crippen LogP contribution < -0.4 is 10.4 Å². The Bertz CT molecular complexity index is 1860. The smallest absolute Gasteiger partial charge is 0.416 e. The first-order valence-corrected chi connectivity index (χ1v) is 14.6. The second-order valence-electron chi connectivity index (χ2n) is 10.7. The number of alkyl halides is 3. The largest absolute Gasteiger partial charge is 0.494 e. The van der Waals surface area contributed by atoms with E-state index in [0.717, 1.165) is 39.1 Å². The zero-order chi connectivity index (χ0) is 32.1. The van der Waals surface area contributed by atoms with Crippen molar-refractivity contribution in [3.63, 3.8) is 0 Å². The SMILES string of the molecule is CCOc1ccc(-c2ccc(CCCc3nn(-c4ccc(C(F)(F)F)cc4)c(=O)n3-c3ccccc3C)cc2)cc1CC(=O)O. The number of para-hydroxylation sites is 1. The number of aliphatic carboxylic acids is 1. The molecular weight excluding hydrogens is 583 g/mol. The molecule has 0 unspecified atom stereocenters. The van der Waals surface area contributed by atoms with Gasteiger partial charge in [-0.3, -0.25) is 4.79 Å². The number of halogens is 3. The van der Waals surface area contributed by atoms with Crippen LogP contribution in [-0.4, -0.2) is 32.0 Å². The molecule has 0 fully saturated rings. The second kappa shape index (κ2) is 13.3. The molecule has 0 saturated heterocycles. The van der Waals surface area contributed by atoms with E-state index < -0.39 is 23.4 Å². The Morgan fingerprint density at radius 2 is 1.60 bits per heavy atom. The number of carboxylic acid groups (broad SMARTS) is 1. The number of ether oxygens (including phenoxy) is 1. The lowest BCUT2D eigenvalue weighted by molar-refractivity contribution is -0.138. The number of nitrogens with zero attached hydrogens (tertiary/aromatic N) is 3. The fourth-order valence-corrected chi connectivity index (χ4v) is 5.26. The molecule has 4 aromatic carbocycles. The predicted octanol–water partition coefficient (Wildman–Crippen LogP) is 7.22. The Morgan fingerprint density at radius 3 is 2.24 bits per heavy atom. The molecule has 0 saturated carbocycles. The first-order chi connectivity index (χ1) is 21.5. The van der Waals surface area contributed by atoms with Crippen LogP contribution in [-0.2, 0) is 30.2 Å². The third-order valence-corrected chi connectivity index (χ3v) is 7.50. The number of aryl methyl sites for hydroxylation is 3. The summed E-state index contributed by atoms with van der Waals surface area (Å²) in [5.41, 5.74) is 4.03. The minimum absolute atomic E-state index is 0.135. The molecule has 1 heterocycles. The lowest BCUT2D eigenvalue weighted by atomic mass is 9.98. The fourth-order valence-electron chi connectivity index (χ4n) is 5.26. The maximum atomic E-state index is 13.6. The molecule has 1 aromatic heterocycles. The Labute approximate surface area is 258 Å². The molecule has 0 bridgehead atoms. The van der Waals surface area contributed by atoms with E-state index in [1.165, 1.54) is 16.7 Å². The van der Waals surface area contributed by atoms with Crippen LogP contribution in [0.25, 0.3) is 22.5 Å². The van der Waals surface area contributed by atoms with E-state index >= 15 is 0 Å². The standard InChI is InChI=1S/C35H32F3N3O4/c1-3-45-31-20-15-26(21-27(31)22-33(42)43)25-13-11-24(12-14-25)8-6-10-32-39-41(29-18-16-28(17-19-29)35(36,37)38)34(44)40(32)30-9-5-4-7-23(30)2/h4-5,7,9,11-21H,3,6,8,10,22H2,1-2H3,(H,42,43). The highest BCUT2D eigenvalue weighted by Gasteiger charge is 2.30. The van der Waals surface area contributed by atoms with Crippen LogP contribution in [0.4, 0.5) is 13.2 Å². The minimum atomic E-state index is -4.48. The summed E-state index contributed by atoms with van der Waals surface area (Å²) in [6.45, 7) is 4.18. The quantitative estimate of drug-likeness (QED) is 0.170. The van der Waals surface area contributed by atoms with E-state index in [-0.39, 0.29) is 12.1 Å². The Hall–Kier alpha value is -5.12. The first kappa shape index (κ1) is 31.3. The van der Waals surface area contributed by atoms with Gasteiger partial charge < -0.3 is 9.84 Å². The van der Waals surface area contributed by atoms with Gasteiger partial charge in [-0.1, -0.05) is 48.5 Å². The number of rotatable bonds is 11. The highest BCUT2D eigenvalue weighted by molar-refractivity contribution is 5.74. The summed E-state index contributed by atoms with van der Waals surface area (Å²) >= 11 is 0. The van der Waals surface area contributed by atoms with E-state index in [0.29, 0.717) is 48.7 Å². The average molecular weight is 616 g/mol. The molecular formula is C35H32F3N3O4. The zero-order valence-electron chi connectivity index (χ0n) is 24.8. The first-order valence-electron chi connectivity index (χ1n) is 14.6. The van der Waals surface area contributed by atoms with Gasteiger partial charge in [0, 0.05) is 12.0 Å². The summed E-state index contributed by atoms with van der Waals surface area (Å²) in [4.78, 5) is 24.9. The number of benzene rings is 4. The third-order valence-electron chi connectivity index (χ3n) is 7.50. The molecule has 45 heavy (non-hydrogen) atoms. The van der Waals surface area contributed by atoms with Gasteiger partial charge in [0.1, 0.15) is 11.6 Å². The van der Waals surface area contributed by atoms with Crippen LogP contribution in [0.5, 0.6) is 5.75 Å². The monoisotopic (exact) mass is 615 g/mol. The Morgan fingerprint density at radius 1 is 0.911 bits per heavy atom. The molecule has 0 amide bonds. The van der Waals surface area contributed by atoms with Gasteiger partial charge in [0.15, 0.2) is 0 Å². The van der Waals surface area contributed by atoms with Crippen LogP contribution in [0.3, 0.4) is 0 Å². The number of aromatic nitrogens is 3. The number of hydrogen-bond donors (Lipinski definition) is 1. The van der Waals surface area contributed by atoms with Crippen LogP contribution >= 0.6 is 0 Å². The molecule has 5 rings (SSSR count). The van der Waals surface area contributed by atoms with Gasteiger partial charge >= 0.3 is 17.8 Å². The van der Waals surface area contributed by atoms with Crippen LogP contribution in [0.2, 0.25) is 0 Å². The molecule has 5 aromatic rings. The van der Waals surface area contributed by atoms with Crippen LogP contribution in [0.15, 0.2) is 95.8 Å². The van der Waals surface area contributed by atoms with E-state index in [2.05, 4.69) is 5.10 Å². The predicted molar refractivity (Wildman–Crippen MR) is 165 cm³/mol. The van der Waals surface area contributed by atoms with E-state index in [1.54, 1.807) is 6.07 Å². The van der Waals surface area contributed by atoms with Gasteiger partial charge in [-0.2, -0.15) is 17.9 Å². The Kier molecular flexibility index (Phi) is 9.22. The average Bonchev–Trinajstić information content (AvgIpc) is 3.33. The summed E-state index contributed by atoms with van der Waals surface area (Å²) in [5.74, 6) is 0.136. The normalized spacial score (nSPS) is 11.5. The summed E-state index contributed by atoms with van der Waals surface area (Å²) < 4.78 is 47.6. The second-order valence-corrected chi connectivity index (χ2v) is 10.7. The van der Waals surface area contributed by atoms with Gasteiger partial charge in [-0.15, -0.1) is 5.10 Å². The number of hydrogen-bond acceptors (Lipinski definition) is 4. The van der Waals surface area contributed by atoms with E-state index in [9.17, 15) is 27.9 Å². The maximum Gasteiger partial charge on any atom is 0.416 e. The summed E-state index contributed by atoms with van der Waals surface area (Å²) in [6, 6.07) is 25.3. The van der Waals surface area contributed by atoms with Crippen LogP contribution in [0, 0.1) is 6.92 Å². The van der Waals surface area contributed by atoms with E-state index in [1.807, 2.05) is 74.5 Å². The topological polar surface area (TPSA) is 86.4 Å². The van der Waals surface area contributed by atoms with Crippen molar-refractivity contribution < 1.29 is 27.8 Å². The molecule has 0 aliphatic carbocycles. The Balaban J connectivity index is 1.36. The molecule has 0 radical (unpaired) electrons. The highest BCUT2D eigenvalue weighted by Crippen LogP contribution is 2.30. The third kappa shape index (κ3) is 7.17. The van der Waals surface area contributed by atoms with Gasteiger partial charge in [-0.25, -0.2) is 9.36 Å². The van der Waals surface area contributed by atoms with E-state index in [4.69, 9.17) is 4.74 Å². The van der Waals surface area contributed by atoms with Gasteiger partial charge in [0.05, 0.1) is 30.0 Å². The minimum Gasteiger partial charge on any atom is -0.494 e. The maximum absolute atomic E-state index is 13.6. The van der Waals surface area contributed by atoms with Crippen molar-refractivity contribution in [1.82, 2.24) is 14.3 Å². The van der Waals surface area contributed by atoms with Crippen molar-refractivity contribution in [2.45, 2.75) is 45.7 Å². The number of carboxylic acids is 1. The van der Waals surface area contributed by atoms with Crippen molar-refractivity contribution in [2.75, 3.05) is 6.61 Å².